The molecule has 0 aromatic carbocycles. The van der Waals surface area contributed by atoms with E-state index in [0.717, 1.165) is 4.31 Å². The number of carbonyl (C=O) groups excluding carboxylic acids is 2. The zero-order chi connectivity index (χ0) is 15.8. The number of nitrogens with zero attached hydrogens (tertiary/aromatic N) is 2. The van der Waals surface area contributed by atoms with Crippen LogP contribution in [0.1, 0.15) is 20.8 Å². The Kier molecular flexibility index (Phi) is 8.02. The molecule has 0 bridgehead atoms. The van der Waals surface area contributed by atoms with Gasteiger partial charge in [-0.3, -0.25) is 0 Å². The van der Waals surface area contributed by atoms with E-state index < -0.39 is 22.9 Å². The Morgan fingerprint density at radius 3 is 2.15 bits per heavy atom. The maximum atomic E-state index is 12.3. The molecule has 0 saturated carbocycles. The molecule has 6 nitrogen and oxygen atoms in total. The number of carbonyl (C=O) groups is 2. The molecular formula is C13H22N2O4S. The Morgan fingerprint density at radius 1 is 1.20 bits per heavy atom. The van der Waals surface area contributed by atoms with Gasteiger partial charge >= 0.3 is 6.09 Å². The molecule has 1 atom stereocenters. The molecule has 0 saturated heterocycles. The lowest BCUT2D eigenvalue weighted by Crippen LogP contribution is -2.45. The van der Waals surface area contributed by atoms with Gasteiger partial charge in [0.25, 0.3) is 0 Å². The first-order valence-corrected chi connectivity index (χ1v) is 7.16. The molecule has 0 fully saturated rings. The highest BCUT2D eigenvalue weighted by molar-refractivity contribution is 7.80. The van der Waals surface area contributed by atoms with Gasteiger partial charge in [-0.1, -0.05) is 12.2 Å². The van der Waals surface area contributed by atoms with Crippen molar-refractivity contribution in [2.75, 3.05) is 19.6 Å². The van der Waals surface area contributed by atoms with Crippen molar-refractivity contribution < 1.29 is 18.5 Å². The Hall–Kier alpha value is -1.47. The quantitative estimate of drug-likeness (QED) is 0.505. The Morgan fingerprint density at radius 2 is 1.75 bits per heavy atom. The third-order valence-corrected chi connectivity index (χ3v) is 3.33. The summed E-state index contributed by atoms with van der Waals surface area (Å²) < 4.78 is 19.8. The Labute approximate surface area is 122 Å². The van der Waals surface area contributed by atoms with E-state index >= 15 is 0 Å². The molecule has 1 unspecified atom stereocenters. The first-order chi connectivity index (χ1) is 9.26. The summed E-state index contributed by atoms with van der Waals surface area (Å²) in [6, 6.07) is 0. The summed E-state index contributed by atoms with van der Waals surface area (Å²) in [5.74, 6) is 0. The molecule has 0 aliphatic carbocycles. The van der Waals surface area contributed by atoms with Crippen molar-refractivity contribution in [3.8, 4) is 0 Å². The molecule has 0 radical (unpaired) electrons. The fourth-order valence-corrected chi connectivity index (χ4v) is 2.30. The predicted octanol–water partition coefficient (Wildman–Crippen LogP) is 1.68. The molecule has 0 aromatic heterocycles. The second kappa shape index (κ2) is 8.65. The minimum Gasteiger partial charge on any atom is -0.443 e. The summed E-state index contributed by atoms with van der Waals surface area (Å²) in [5.41, 5.74) is -0.700. The molecule has 0 heterocycles. The van der Waals surface area contributed by atoms with Crippen LogP contribution in [0.2, 0.25) is 0 Å². The van der Waals surface area contributed by atoms with Crippen molar-refractivity contribution in [2.45, 2.75) is 26.4 Å². The van der Waals surface area contributed by atoms with Gasteiger partial charge in [0.15, 0.2) is 0 Å². The molecule has 0 spiro atoms. The van der Waals surface area contributed by atoms with Crippen molar-refractivity contribution in [3.05, 3.63) is 25.3 Å². The Balaban J connectivity index is 5.08. The van der Waals surface area contributed by atoms with E-state index in [1.54, 1.807) is 20.8 Å². The zero-order valence-electron chi connectivity index (χ0n) is 12.2. The molecule has 0 rings (SSSR count). The molecule has 0 aromatic rings. The van der Waals surface area contributed by atoms with Gasteiger partial charge in [-0.25, -0.2) is 13.3 Å². The van der Waals surface area contributed by atoms with Crippen LogP contribution >= 0.6 is 0 Å². The molecule has 0 N–H and O–H groups in total. The van der Waals surface area contributed by atoms with Gasteiger partial charge in [-0.05, 0) is 20.8 Å². The summed E-state index contributed by atoms with van der Waals surface area (Å²) in [7, 11) is 0. The van der Waals surface area contributed by atoms with E-state index in [9.17, 15) is 13.8 Å². The number of amides is 1. The van der Waals surface area contributed by atoms with E-state index in [0.29, 0.717) is 6.29 Å². The summed E-state index contributed by atoms with van der Waals surface area (Å²) >= 11 is -1.84. The lowest BCUT2D eigenvalue weighted by Gasteiger charge is -2.28. The number of hydrogen-bond acceptors (Lipinski definition) is 4. The van der Waals surface area contributed by atoms with Crippen LogP contribution in [0.15, 0.2) is 25.3 Å². The van der Waals surface area contributed by atoms with Crippen LogP contribution in [0.25, 0.3) is 0 Å². The summed E-state index contributed by atoms with van der Waals surface area (Å²) in [4.78, 5) is 22.6. The van der Waals surface area contributed by atoms with Crippen molar-refractivity contribution in [3.63, 3.8) is 0 Å². The highest BCUT2D eigenvalue weighted by atomic mass is 32.2. The van der Waals surface area contributed by atoms with Crippen molar-refractivity contribution >= 4 is 23.6 Å². The van der Waals surface area contributed by atoms with Gasteiger partial charge in [-0.15, -0.1) is 13.2 Å². The second-order valence-corrected chi connectivity index (χ2v) is 6.28. The lowest BCUT2D eigenvalue weighted by molar-refractivity contribution is -0.108. The van der Waals surface area contributed by atoms with E-state index in [1.165, 1.54) is 16.5 Å². The third-order valence-electron chi connectivity index (χ3n) is 1.91. The van der Waals surface area contributed by atoms with Crippen LogP contribution in [-0.4, -0.2) is 50.4 Å². The van der Waals surface area contributed by atoms with Crippen molar-refractivity contribution in [2.24, 2.45) is 0 Å². The average molecular weight is 302 g/mol. The monoisotopic (exact) mass is 302 g/mol. The minimum atomic E-state index is -1.84. The minimum absolute atomic E-state index is 0.0496. The van der Waals surface area contributed by atoms with Crippen molar-refractivity contribution in [1.29, 1.82) is 0 Å². The van der Waals surface area contributed by atoms with Crippen LogP contribution in [0.4, 0.5) is 4.79 Å². The molecular weight excluding hydrogens is 280 g/mol. The first kappa shape index (κ1) is 18.5. The van der Waals surface area contributed by atoms with Gasteiger partial charge in [0.05, 0.1) is 13.1 Å². The molecule has 1 amide bonds. The van der Waals surface area contributed by atoms with E-state index in [1.807, 2.05) is 0 Å². The van der Waals surface area contributed by atoms with Gasteiger partial charge in [-0.2, -0.15) is 4.31 Å². The second-order valence-electron chi connectivity index (χ2n) is 4.86. The summed E-state index contributed by atoms with van der Waals surface area (Å²) in [5, 5.41) is 0. The topological polar surface area (TPSA) is 66.9 Å². The van der Waals surface area contributed by atoms with Crippen LogP contribution in [0.3, 0.4) is 0 Å². The van der Waals surface area contributed by atoms with E-state index in [2.05, 4.69) is 13.2 Å². The summed E-state index contributed by atoms with van der Waals surface area (Å²) in [6.45, 7) is 12.4. The zero-order valence-corrected chi connectivity index (χ0v) is 13.0. The maximum Gasteiger partial charge on any atom is 0.423 e. The largest absolute Gasteiger partial charge is 0.443 e. The fraction of sp³-hybridized carbons (Fsp3) is 0.538. The smallest absolute Gasteiger partial charge is 0.423 e. The van der Waals surface area contributed by atoms with Gasteiger partial charge in [0.2, 0.25) is 11.2 Å². The maximum absolute atomic E-state index is 12.3. The fourth-order valence-electron chi connectivity index (χ4n) is 1.20. The number of hydrogen-bond donors (Lipinski definition) is 0. The highest BCUT2D eigenvalue weighted by Gasteiger charge is 2.28. The van der Waals surface area contributed by atoms with Crippen LogP contribution in [0, 0.1) is 0 Å². The van der Waals surface area contributed by atoms with Crippen LogP contribution < -0.4 is 0 Å². The number of rotatable bonds is 8. The predicted molar refractivity (Wildman–Crippen MR) is 79.1 cm³/mol. The Bertz CT molecular complexity index is 380. The molecule has 0 aliphatic heterocycles. The van der Waals surface area contributed by atoms with E-state index in [4.69, 9.17) is 4.74 Å². The molecule has 114 valence electrons. The SMILES string of the molecule is C=CCN(CC=O)S(=O)N(CC=C)C(=O)OC(C)(C)C. The summed E-state index contributed by atoms with van der Waals surface area (Å²) in [6.07, 6.45) is 2.83. The molecule has 7 heteroatoms. The highest BCUT2D eigenvalue weighted by Crippen LogP contribution is 2.13. The average Bonchev–Trinajstić information content (AvgIpc) is 2.32. The van der Waals surface area contributed by atoms with Gasteiger partial charge in [0.1, 0.15) is 11.9 Å². The van der Waals surface area contributed by atoms with Gasteiger partial charge < -0.3 is 9.53 Å². The van der Waals surface area contributed by atoms with Gasteiger partial charge in [0, 0.05) is 6.54 Å². The van der Waals surface area contributed by atoms with Crippen LogP contribution in [0.5, 0.6) is 0 Å². The lowest BCUT2D eigenvalue weighted by atomic mass is 10.2. The van der Waals surface area contributed by atoms with E-state index in [-0.39, 0.29) is 19.6 Å². The number of ether oxygens (including phenoxy) is 1. The third kappa shape index (κ3) is 6.63. The molecule has 20 heavy (non-hydrogen) atoms. The van der Waals surface area contributed by atoms with Crippen molar-refractivity contribution in [1.82, 2.24) is 8.61 Å². The first-order valence-electron chi connectivity index (χ1n) is 6.09. The molecule has 0 aliphatic rings. The number of aldehydes is 1. The van der Waals surface area contributed by atoms with Crippen LogP contribution in [-0.2, 0) is 20.7 Å². The standard InChI is InChI=1S/C13H22N2O4S/c1-6-8-14(10-11-16)20(18)15(9-7-2)12(17)19-13(3,4)5/h6-7,11H,1-2,8-10H2,3-5H3. The normalized spacial score (nSPS) is 12.6.